The summed E-state index contributed by atoms with van der Waals surface area (Å²) in [5.74, 6) is 0. The maximum atomic E-state index is 5.77. The molecule has 0 saturated carbocycles. The zero-order chi connectivity index (χ0) is 10.6. The van der Waals surface area contributed by atoms with E-state index in [0.29, 0.717) is 0 Å². The Hall–Kier alpha value is -1.51. The first-order chi connectivity index (χ1) is 7.05. The molecule has 0 radical (unpaired) electrons. The standard InChI is InChI=1S/C12H14N2O/c1-8-4-5-9-10(6-8)14-7-12(2,3)15-11(14)13-9/h4-6H,7H2,1-3H3. The molecule has 3 rings (SSSR count). The van der Waals surface area contributed by atoms with Crippen LogP contribution in [0.1, 0.15) is 19.4 Å². The van der Waals surface area contributed by atoms with Crippen LogP contribution in [-0.2, 0) is 6.54 Å². The van der Waals surface area contributed by atoms with Gasteiger partial charge in [0.15, 0.2) is 0 Å². The van der Waals surface area contributed by atoms with E-state index >= 15 is 0 Å². The number of benzene rings is 1. The van der Waals surface area contributed by atoms with Crippen LogP contribution < -0.4 is 4.74 Å². The molecule has 3 nitrogen and oxygen atoms in total. The minimum atomic E-state index is -0.125. The molecule has 0 unspecified atom stereocenters. The first-order valence-corrected chi connectivity index (χ1v) is 5.21. The molecule has 0 saturated heterocycles. The zero-order valence-corrected chi connectivity index (χ0v) is 9.24. The topological polar surface area (TPSA) is 27.1 Å². The van der Waals surface area contributed by atoms with Crippen LogP contribution in [0.25, 0.3) is 11.0 Å². The first-order valence-electron chi connectivity index (χ1n) is 5.21. The third-order valence-electron chi connectivity index (χ3n) is 2.78. The highest BCUT2D eigenvalue weighted by Gasteiger charge is 2.32. The minimum absolute atomic E-state index is 0.125. The summed E-state index contributed by atoms with van der Waals surface area (Å²) in [4.78, 5) is 4.47. The molecule has 3 heteroatoms. The lowest BCUT2D eigenvalue weighted by Crippen LogP contribution is -2.26. The lowest BCUT2D eigenvalue weighted by Gasteiger charge is -2.15. The van der Waals surface area contributed by atoms with Gasteiger partial charge in [0.2, 0.25) is 0 Å². The van der Waals surface area contributed by atoms with Crippen LogP contribution in [-0.4, -0.2) is 15.2 Å². The quantitative estimate of drug-likeness (QED) is 0.656. The predicted molar refractivity (Wildman–Crippen MR) is 59.2 cm³/mol. The maximum Gasteiger partial charge on any atom is 0.298 e. The predicted octanol–water partition coefficient (Wildman–Crippen LogP) is 2.52. The second kappa shape index (κ2) is 2.54. The molecule has 0 spiro atoms. The Morgan fingerprint density at radius 1 is 1.40 bits per heavy atom. The van der Waals surface area contributed by atoms with Gasteiger partial charge in [-0.1, -0.05) is 6.07 Å². The van der Waals surface area contributed by atoms with E-state index in [1.165, 1.54) is 11.1 Å². The zero-order valence-electron chi connectivity index (χ0n) is 9.24. The molecular formula is C12H14N2O. The van der Waals surface area contributed by atoms with Gasteiger partial charge in [-0.3, -0.25) is 4.57 Å². The van der Waals surface area contributed by atoms with E-state index in [1.807, 2.05) is 6.07 Å². The Bertz CT molecular complexity index is 540. The highest BCUT2D eigenvalue weighted by atomic mass is 16.5. The molecule has 1 aliphatic heterocycles. The second-order valence-corrected chi connectivity index (χ2v) is 4.83. The molecule has 1 aromatic carbocycles. The summed E-state index contributed by atoms with van der Waals surface area (Å²) in [6.07, 6.45) is 0. The van der Waals surface area contributed by atoms with Gasteiger partial charge in [0, 0.05) is 0 Å². The van der Waals surface area contributed by atoms with Crippen LogP contribution in [0.5, 0.6) is 6.01 Å². The number of aromatic nitrogens is 2. The third-order valence-corrected chi connectivity index (χ3v) is 2.78. The summed E-state index contributed by atoms with van der Waals surface area (Å²) in [6, 6.07) is 7.04. The van der Waals surface area contributed by atoms with Crippen molar-refractivity contribution in [3.63, 3.8) is 0 Å². The molecule has 0 bridgehead atoms. The molecule has 0 amide bonds. The fourth-order valence-corrected chi connectivity index (χ4v) is 2.10. The largest absolute Gasteiger partial charge is 0.457 e. The molecule has 1 aliphatic rings. The van der Waals surface area contributed by atoms with E-state index in [2.05, 4.69) is 42.5 Å². The van der Waals surface area contributed by atoms with Crippen LogP contribution in [0.15, 0.2) is 18.2 Å². The number of hydrogen-bond donors (Lipinski definition) is 0. The average molecular weight is 202 g/mol. The Morgan fingerprint density at radius 2 is 2.20 bits per heavy atom. The number of aryl methyl sites for hydroxylation is 1. The number of fused-ring (bicyclic) bond motifs is 3. The van der Waals surface area contributed by atoms with Crippen molar-refractivity contribution in [3.05, 3.63) is 23.8 Å². The highest BCUT2D eigenvalue weighted by Crippen LogP contribution is 2.32. The van der Waals surface area contributed by atoms with Gasteiger partial charge in [0.25, 0.3) is 6.01 Å². The highest BCUT2D eigenvalue weighted by molar-refractivity contribution is 5.77. The number of nitrogens with zero attached hydrogens (tertiary/aromatic N) is 2. The molecule has 2 aromatic rings. The van der Waals surface area contributed by atoms with Crippen molar-refractivity contribution in [2.24, 2.45) is 0 Å². The van der Waals surface area contributed by atoms with E-state index in [4.69, 9.17) is 4.74 Å². The number of rotatable bonds is 0. The van der Waals surface area contributed by atoms with Crippen LogP contribution in [0.4, 0.5) is 0 Å². The fraction of sp³-hybridized carbons (Fsp3) is 0.417. The first kappa shape index (κ1) is 8.77. The van der Waals surface area contributed by atoms with Crippen molar-refractivity contribution in [2.45, 2.75) is 32.9 Å². The maximum absolute atomic E-state index is 5.77. The van der Waals surface area contributed by atoms with Crippen molar-refractivity contribution >= 4 is 11.0 Å². The van der Waals surface area contributed by atoms with Gasteiger partial charge in [0.05, 0.1) is 17.6 Å². The minimum Gasteiger partial charge on any atom is -0.457 e. The fourth-order valence-electron chi connectivity index (χ4n) is 2.10. The molecule has 0 aliphatic carbocycles. The van der Waals surface area contributed by atoms with E-state index in [9.17, 15) is 0 Å². The van der Waals surface area contributed by atoms with Crippen LogP contribution in [0, 0.1) is 6.92 Å². The normalized spacial score (nSPS) is 17.8. The van der Waals surface area contributed by atoms with E-state index in [0.717, 1.165) is 18.1 Å². The van der Waals surface area contributed by atoms with Gasteiger partial charge in [-0.05, 0) is 38.5 Å². The molecule has 15 heavy (non-hydrogen) atoms. The molecule has 2 heterocycles. The van der Waals surface area contributed by atoms with Crippen LogP contribution in [0.3, 0.4) is 0 Å². The lowest BCUT2D eigenvalue weighted by molar-refractivity contribution is 0.131. The van der Waals surface area contributed by atoms with Gasteiger partial charge >= 0.3 is 0 Å². The lowest BCUT2D eigenvalue weighted by atomic mass is 10.1. The van der Waals surface area contributed by atoms with Crippen molar-refractivity contribution < 1.29 is 4.74 Å². The van der Waals surface area contributed by atoms with E-state index in [1.54, 1.807) is 0 Å². The summed E-state index contributed by atoms with van der Waals surface area (Å²) >= 11 is 0. The summed E-state index contributed by atoms with van der Waals surface area (Å²) in [5, 5.41) is 0. The van der Waals surface area contributed by atoms with E-state index in [-0.39, 0.29) is 5.60 Å². The SMILES string of the molecule is Cc1ccc2nc3n(c2c1)CC(C)(C)O3. The number of hydrogen-bond acceptors (Lipinski definition) is 2. The molecular weight excluding hydrogens is 188 g/mol. The van der Waals surface area contributed by atoms with E-state index < -0.39 is 0 Å². The summed E-state index contributed by atoms with van der Waals surface area (Å²) in [5.41, 5.74) is 3.33. The molecule has 0 fully saturated rings. The summed E-state index contributed by atoms with van der Waals surface area (Å²) in [6.45, 7) is 7.15. The van der Waals surface area contributed by atoms with Gasteiger partial charge in [-0.15, -0.1) is 0 Å². The molecule has 0 atom stereocenters. The smallest absolute Gasteiger partial charge is 0.298 e. The number of ether oxygens (including phenoxy) is 1. The van der Waals surface area contributed by atoms with Gasteiger partial charge < -0.3 is 4.74 Å². The molecule has 0 N–H and O–H groups in total. The Balaban J connectivity index is 2.25. The van der Waals surface area contributed by atoms with Crippen molar-refractivity contribution in [3.8, 4) is 6.01 Å². The summed E-state index contributed by atoms with van der Waals surface area (Å²) in [7, 11) is 0. The van der Waals surface area contributed by atoms with Crippen molar-refractivity contribution in [1.82, 2.24) is 9.55 Å². The Morgan fingerprint density at radius 3 is 3.00 bits per heavy atom. The Labute approximate surface area is 88.7 Å². The van der Waals surface area contributed by atoms with Crippen molar-refractivity contribution in [1.29, 1.82) is 0 Å². The molecule has 78 valence electrons. The van der Waals surface area contributed by atoms with Gasteiger partial charge in [-0.2, -0.15) is 4.98 Å². The number of imidazole rings is 1. The molecule has 1 aromatic heterocycles. The summed E-state index contributed by atoms with van der Waals surface area (Å²) < 4.78 is 7.93. The Kier molecular flexibility index (Phi) is 1.48. The van der Waals surface area contributed by atoms with Crippen LogP contribution >= 0.6 is 0 Å². The van der Waals surface area contributed by atoms with Gasteiger partial charge in [-0.25, -0.2) is 0 Å². The third kappa shape index (κ3) is 1.23. The second-order valence-electron chi connectivity index (χ2n) is 4.83. The van der Waals surface area contributed by atoms with Gasteiger partial charge in [0.1, 0.15) is 5.60 Å². The van der Waals surface area contributed by atoms with Crippen molar-refractivity contribution in [2.75, 3.05) is 0 Å². The average Bonchev–Trinajstić information content (AvgIpc) is 2.58. The van der Waals surface area contributed by atoms with Crippen LogP contribution in [0.2, 0.25) is 0 Å². The monoisotopic (exact) mass is 202 g/mol.